The van der Waals surface area contributed by atoms with Gasteiger partial charge in [-0.3, -0.25) is 0 Å². The van der Waals surface area contributed by atoms with Gasteiger partial charge in [-0.05, 0) is 68.3 Å². The van der Waals surface area contributed by atoms with Crippen LogP contribution in [-0.2, 0) is 0 Å². The Balaban J connectivity index is 0.00000144. The predicted octanol–water partition coefficient (Wildman–Crippen LogP) is 4.53. The smallest absolute Gasteiger partial charge is 0.143 e. The number of rotatable bonds is 2. The van der Waals surface area contributed by atoms with Crippen molar-refractivity contribution in [2.24, 2.45) is 11.7 Å². The second kappa shape index (κ2) is 6.41. The molecule has 96 valence electrons. The van der Waals surface area contributed by atoms with Gasteiger partial charge in [0, 0.05) is 6.04 Å². The number of benzene rings is 1. The van der Waals surface area contributed by atoms with Crippen molar-refractivity contribution < 1.29 is 5.11 Å². The highest BCUT2D eigenvalue weighted by atomic mass is 79.9. The van der Waals surface area contributed by atoms with Crippen LogP contribution < -0.4 is 5.73 Å². The number of phenolic OH excluding ortho intramolecular Hbond substituents is 1. The van der Waals surface area contributed by atoms with Crippen LogP contribution in [0.15, 0.2) is 21.1 Å². The number of nitrogens with two attached hydrogens (primary N) is 1. The lowest BCUT2D eigenvalue weighted by atomic mass is 9.92. The molecule has 1 aromatic rings. The maximum atomic E-state index is 9.64. The Kier molecular flexibility index (Phi) is 5.77. The van der Waals surface area contributed by atoms with Gasteiger partial charge in [-0.25, -0.2) is 0 Å². The molecule has 1 saturated carbocycles. The summed E-state index contributed by atoms with van der Waals surface area (Å²) in [5, 5.41) is 9.64. The molecule has 3 N–H and O–H groups in total. The van der Waals surface area contributed by atoms with Crippen molar-refractivity contribution in [2.75, 3.05) is 0 Å². The SMILES string of the molecule is Cl.N[C@H](c1cc(Br)c(O)c(Br)c1)C1CCCC1. The quantitative estimate of drug-likeness (QED) is 0.786. The molecule has 0 aliphatic heterocycles. The summed E-state index contributed by atoms with van der Waals surface area (Å²) < 4.78 is 1.40. The third kappa shape index (κ3) is 3.37. The largest absolute Gasteiger partial charge is 0.506 e. The van der Waals surface area contributed by atoms with E-state index in [1.807, 2.05) is 12.1 Å². The van der Waals surface area contributed by atoms with E-state index in [2.05, 4.69) is 31.9 Å². The van der Waals surface area contributed by atoms with Gasteiger partial charge >= 0.3 is 0 Å². The maximum Gasteiger partial charge on any atom is 0.143 e. The van der Waals surface area contributed by atoms with Crippen molar-refractivity contribution in [3.05, 3.63) is 26.6 Å². The van der Waals surface area contributed by atoms with Gasteiger partial charge in [0.25, 0.3) is 0 Å². The molecular formula is C12H16Br2ClNO. The molecule has 0 bridgehead atoms. The fraction of sp³-hybridized carbons (Fsp3) is 0.500. The highest BCUT2D eigenvalue weighted by Gasteiger charge is 2.24. The van der Waals surface area contributed by atoms with Crippen LogP contribution in [0.4, 0.5) is 0 Å². The average molecular weight is 386 g/mol. The van der Waals surface area contributed by atoms with Gasteiger partial charge in [0.05, 0.1) is 8.95 Å². The zero-order chi connectivity index (χ0) is 11.7. The molecule has 0 unspecified atom stereocenters. The van der Waals surface area contributed by atoms with Crippen LogP contribution in [0.25, 0.3) is 0 Å². The number of phenols is 1. The molecule has 2 rings (SSSR count). The topological polar surface area (TPSA) is 46.2 Å². The Morgan fingerprint density at radius 3 is 2.12 bits per heavy atom. The van der Waals surface area contributed by atoms with Crippen LogP contribution in [-0.4, -0.2) is 5.11 Å². The molecule has 1 fully saturated rings. The van der Waals surface area contributed by atoms with Crippen molar-refractivity contribution >= 4 is 44.3 Å². The van der Waals surface area contributed by atoms with Crippen molar-refractivity contribution in [3.8, 4) is 5.75 Å². The fourth-order valence-electron chi connectivity index (χ4n) is 2.37. The Hall–Kier alpha value is 0.230. The van der Waals surface area contributed by atoms with Gasteiger partial charge in [0.2, 0.25) is 0 Å². The van der Waals surface area contributed by atoms with Gasteiger partial charge in [-0.15, -0.1) is 12.4 Å². The van der Waals surface area contributed by atoms with Crippen LogP contribution in [0.3, 0.4) is 0 Å². The summed E-state index contributed by atoms with van der Waals surface area (Å²) in [6, 6.07) is 3.92. The highest BCUT2D eigenvalue weighted by Crippen LogP contribution is 2.39. The highest BCUT2D eigenvalue weighted by molar-refractivity contribution is 9.11. The monoisotopic (exact) mass is 383 g/mol. The van der Waals surface area contributed by atoms with E-state index < -0.39 is 0 Å². The fourth-order valence-corrected chi connectivity index (χ4v) is 3.59. The minimum atomic E-state index is 0. The summed E-state index contributed by atoms with van der Waals surface area (Å²) in [7, 11) is 0. The van der Waals surface area contributed by atoms with Crippen LogP contribution in [0, 0.1) is 5.92 Å². The van der Waals surface area contributed by atoms with Gasteiger partial charge in [0.15, 0.2) is 0 Å². The van der Waals surface area contributed by atoms with Crippen LogP contribution in [0.2, 0.25) is 0 Å². The first-order chi connectivity index (χ1) is 7.59. The summed E-state index contributed by atoms with van der Waals surface area (Å²) in [4.78, 5) is 0. The summed E-state index contributed by atoms with van der Waals surface area (Å²) in [5.41, 5.74) is 7.35. The minimum Gasteiger partial charge on any atom is -0.506 e. The molecule has 0 heterocycles. The molecule has 1 aliphatic rings. The summed E-state index contributed by atoms with van der Waals surface area (Å²) in [6.07, 6.45) is 5.02. The Morgan fingerprint density at radius 2 is 1.65 bits per heavy atom. The second-order valence-corrected chi connectivity index (χ2v) is 6.11. The molecule has 17 heavy (non-hydrogen) atoms. The van der Waals surface area contributed by atoms with E-state index in [-0.39, 0.29) is 24.2 Å². The standard InChI is InChI=1S/C12H15Br2NO.ClH/c13-9-5-8(6-10(14)12(9)16)11(15)7-3-1-2-4-7;/h5-7,11,16H,1-4,15H2;1H/t11-;/m0./s1. The summed E-state index contributed by atoms with van der Waals surface area (Å²) in [5.74, 6) is 0.825. The first-order valence-corrected chi connectivity index (χ1v) is 7.11. The predicted molar refractivity (Wildman–Crippen MR) is 79.6 cm³/mol. The zero-order valence-corrected chi connectivity index (χ0v) is 13.3. The molecule has 5 heteroatoms. The van der Waals surface area contributed by atoms with E-state index in [0.717, 1.165) is 5.56 Å². The Labute approximate surface area is 125 Å². The van der Waals surface area contributed by atoms with Crippen molar-refractivity contribution in [1.82, 2.24) is 0 Å². The molecule has 0 aromatic heterocycles. The van der Waals surface area contributed by atoms with Crippen LogP contribution in [0.5, 0.6) is 5.75 Å². The lowest BCUT2D eigenvalue weighted by Gasteiger charge is -2.20. The normalized spacial score (nSPS) is 17.8. The molecule has 0 spiro atoms. The van der Waals surface area contributed by atoms with E-state index in [0.29, 0.717) is 14.9 Å². The third-order valence-corrected chi connectivity index (χ3v) is 4.54. The van der Waals surface area contributed by atoms with Crippen LogP contribution >= 0.6 is 44.3 Å². The van der Waals surface area contributed by atoms with E-state index in [9.17, 15) is 5.11 Å². The van der Waals surface area contributed by atoms with Gasteiger partial charge in [0.1, 0.15) is 5.75 Å². The molecule has 0 radical (unpaired) electrons. The zero-order valence-electron chi connectivity index (χ0n) is 9.33. The second-order valence-electron chi connectivity index (χ2n) is 4.40. The molecule has 2 nitrogen and oxygen atoms in total. The van der Waals surface area contributed by atoms with Crippen molar-refractivity contribution in [2.45, 2.75) is 31.7 Å². The average Bonchev–Trinajstić information content (AvgIpc) is 2.77. The first kappa shape index (κ1) is 15.3. The van der Waals surface area contributed by atoms with E-state index in [1.165, 1.54) is 25.7 Å². The third-order valence-electron chi connectivity index (χ3n) is 3.33. The van der Waals surface area contributed by atoms with Gasteiger partial charge in [-0.2, -0.15) is 0 Å². The lowest BCUT2D eigenvalue weighted by Crippen LogP contribution is -2.19. The Bertz CT molecular complexity index is 371. The van der Waals surface area contributed by atoms with Gasteiger partial charge in [-0.1, -0.05) is 12.8 Å². The van der Waals surface area contributed by atoms with E-state index in [4.69, 9.17) is 5.73 Å². The number of halogens is 3. The number of hydrogen-bond donors (Lipinski definition) is 2. The molecule has 1 atom stereocenters. The summed E-state index contributed by atoms with van der Waals surface area (Å²) >= 11 is 6.68. The number of hydrogen-bond acceptors (Lipinski definition) is 2. The van der Waals surface area contributed by atoms with E-state index in [1.54, 1.807) is 0 Å². The Morgan fingerprint density at radius 1 is 1.18 bits per heavy atom. The first-order valence-electron chi connectivity index (χ1n) is 5.53. The molecule has 1 aromatic carbocycles. The van der Waals surface area contributed by atoms with E-state index >= 15 is 0 Å². The van der Waals surface area contributed by atoms with Gasteiger partial charge < -0.3 is 10.8 Å². The summed E-state index contributed by atoms with van der Waals surface area (Å²) in [6.45, 7) is 0. The number of aromatic hydroxyl groups is 1. The maximum absolute atomic E-state index is 9.64. The molecular weight excluding hydrogens is 369 g/mol. The molecule has 1 aliphatic carbocycles. The van der Waals surface area contributed by atoms with Crippen molar-refractivity contribution in [1.29, 1.82) is 0 Å². The molecule has 0 saturated heterocycles. The lowest BCUT2D eigenvalue weighted by molar-refractivity contribution is 0.441. The van der Waals surface area contributed by atoms with Crippen molar-refractivity contribution in [3.63, 3.8) is 0 Å². The molecule has 0 amide bonds. The van der Waals surface area contributed by atoms with Crippen LogP contribution in [0.1, 0.15) is 37.3 Å². The minimum absolute atomic E-state index is 0.